The summed E-state index contributed by atoms with van der Waals surface area (Å²) in [4.78, 5) is 32.9. The summed E-state index contributed by atoms with van der Waals surface area (Å²) in [6, 6.07) is 5.68. The van der Waals surface area contributed by atoms with Crippen LogP contribution in [0.15, 0.2) is 29.6 Å². The average Bonchev–Trinajstić information content (AvgIpc) is 2.96. The Kier molecular flexibility index (Phi) is 5.95. The van der Waals surface area contributed by atoms with Crippen LogP contribution in [-0.4, -0.2) is 59.3 Å². The minimum Gasteiger partial charge on any atom is -0.337 e. The quantitative estimate of drug-likeness (QED) is 0.882. The topological polar surface area (TPSA) is 79.5 Å². The highest BCUT2D eigenvalue weighted by Crippen LogP contribution is 2.15. The predicted molar refractivity (Wildman–Crippen MR) is 97.7 cm³/mol. The molecular weight excluding hydrogens is 355 g/mol. The molecule has 26 heavy (non-hydrogen) atoms. The lowest BCUT2D eigenvalue weighted by molar-refractivity contribution is 0.0716. The Morgan fingerprint density at radius 3 is 2.58 bits per heavy atom. The minimum absolute atomic E-state index is 0.121. The molecule has 2 aromatic rings. The first-order valence-electron chi connectivity index (χ1n) is 8.57. The smallest absolute Gasteiger partial charge is 0.273 e. The van der Waals surface area contributed by atoms with E-state index in [1.54, 1.807) is 21.2 Å². The first kappa shape index (κ1) is 18.5. The number of hydrogen-bond acceptors (Lipinski definition) is 5. The summed E-state index contributed by atoms with van der Waals surface area (Å²) >= 11 is 1.44. The summed E-state index contributed by atoms with van der Waals surface area (Å²) in [5.74, 6) is -0.762. The van der Waals surface area contributed by atoms with Crippen LogP contribution in [-0.2, 0) is 6.42 Å². The average molecular weight is 376 g/mol. The van der Waals surface area contributed by atoms with Gasteiger partial charge in [-0.1, -0.05) is 6.07 Å². The molecule has 1 fully saturated rings. The molecule has 0 unspecified atom stereocenters. The second-order valence-corrected chi connectivity index (χ2v) is 7.06. The number of carbonyl (C=O) groups excluding carboxylic acids is 2. The number of thiazole rings is 1. The van der Waals surface area contributed by atoms with Gasteiger partial charge in [0.1, 0.15) is 11.5 Å². The molecule has 1 aromatic heterocycles. The summed E-state index contributed by atoms with van der Waals surface area (Å²) in [5.41, 5.74) is 6.28. The maximum atomic E-state index is 13.3. The van der Waals surface area contributed by atoms with E-state index in [1.807, 2.05) is 0 Å². The van der Waals surface area contributed by atoms with Crippen molar-refractivity contribution in [3.05, 3.63) is 51.7 Å². The zero-order valence-electron chi connectivity index (χ0n) is 14.4. The summed E-state index contributed by atoms with van der Waals surface area (Å²) in [5, 5.41) is 2.61. The number of rotatable bonds is 4. The number of halogens is 1. The molecule has 2 amide bonds. The van der Waals surface area contributed by atoms with Gasteiger partial charge in [0, 0.05) is 43.5 Å². The van der Waals surface area contributed by atoms with Crippen molar-refractivity contribution >= 4 is 23.2 Å². The number of amides is 2. The van der Waals surface area contributed by atoms with Crippen molar-refractivity contribution in [1.82, 2.24) is 14.8 Å². The molecule has 1 aliphatic rings. The second-order valence-electron chi connectivity index (χ2n) is 6.11. The largest absolute Gasteiger partial charge is 0.337 e. The van der Waals surface area contributed by atoms with Crippen LogP contribution in [0, 0.1) is 5.82 Å². The molecule has 2 N–H and O–H groups in total. The van der Waals surface area contributed by atoms with Crippen LogP contribution < -0.4 is 5.73 Å². The minimum atomic E-state index is -0.431. The van der Waals surface area contributed by atoms with Crippen molar-refractivity contribution in [2.75, 3.05) is 32.7 Å². The summed E-state index contributed by atoms with van der Waals surface area (Å²) in [7, 11) is 0. The van der Waals surface area contributed by atoms with Crippen LogP contribution >= 0.6 is 11.3 Å². The van der Waals surface area contributed by atoms with Gasteiger partial charge in [0.2, 0.25) is 0 Å². The number of nitrogens with zero attached hydrogens (tertiary/aromatic N) is 3. The Hall–Kier alpha value is -2.32. The Labute approximate surface area is 155 Å². The second kappa shape index (κ2) is 8.37. The van der Waals surface area contributed by atoms with Gasteiger partial charge in [0.15, 0.2) is 0 Å². The molecule has 0 aliphatic carbocycles. The number of aromatic nitrogens is 1. The third-order valence-electron chi connectivity index (χ3n) is 4.27. The van der Waals surface area contributed by atoms with Crippen molar-refractivity contribution < 1.29 is 14.0 Å². The van der Waals surface area contributed by atoms with E-state index in [9.17, 15) is 14.0 Å². The fraction of sp³-hybridized carbons (Fsp3) is 0.389. The van der Waals surface area contributed by atoms with E-state index in [2.05, 4.69) is 4.98 Å². The van der Waals surface area contributed by atoms with E-state index in [1.165, 1.54) is 29.5 Å². The van der Waals surface area contributed by atoms with E-state index in [0.717, 1.165) is 5.01 Å². The zero-order valence-corrected chi connectivity index (χ0v) is 15.2. The monoisotopic (exact) mass is 376 g/mol. The number of nitrogens with two attached hydrogens (primary N) is 1. The highest BCUT2D eigenvalue weighted by molar-refractivity contribution is 7.09. The zero-order chi connectivity index (χ0) is 18.5. The van der Waals surface area contributed by atoms with E-state index in [-0.39, 0.29) is 11.8 Å². The first-order chi connectivity index (χ1) is 12.6. The van der Waals surface area contributed by atoms with Crippen molar-refractivity contribution in [3.8, 4) is 0 Å². The molecule has 0 spiro atoms. The molecule has 0 radical (unpaired) electrons. The fourth-order valence-corrected chi connectivity index (χ4v) is 3.73. The molecule has 1 aromatic carbocycles. The van der Waals surface area contributed by atoms with Gasteiger partial charge in [-0.25, -0.2) is 9.37 Å². The van der Waals surface area contributed by atoms with Gasteiger partial charge in [-0.2, -0.15) is 0 Å². The van der Waals surface area contributed by atoms with Gasteiger partial charge in [0.05, 0.1) is 5.01 Å². The van der Waals surface area contributed by atoms with Crippen LogP contribution in [0.5, 0.6) is 0 Å². The van der Waals surface area contributed by atoms with Crippen molar-refractivity contribution in [1.29, 1.82) is 0 Å². The molecule has 0 saturated carbocycles. The van der Waals surface area contributed by atoms with Gasteiger partial charge in [0.25, 0.3) is 11.8 Å². The normalized spacial score (nSPS) is 15.0. The number of carbonyl (C=O) groups is 2. The van der Waals surface area contributed by atoms with Gasteiger partial charge >= 0.3 is 0 Å². The number of benzene rings is 1. The lowest BCUT2D eigenvalue weighted by atomic mass is 10.2. The first-order valence-corrected chi connectivity index (χ1v) is 9.45. The predicted octanol–water partition coefficient (Wildman–Crippen LogP) is 1.77. The summed E-state index contributed by atoms with van der Waals surface area (Å²) in [6.07, 6.45) is 1.33. The van der Waals surface area contributed by atoms with Crippen molar-refractivity contribution in [2.24, 2.45) is 5.73 Å². The van der Waals surface area contributed by atoms with Crippen LogP contribution in [0.25, 0.3) is 0 Å². The Bertz CT molecular complexity index is 795. The molecule has 2 heterocycles. The summed E-state index contributed by atoms with van der Waals surface area (Å²) in [6.45, 7) is 2.46. The molecular formula is C18H21FN4O2S. The molecule has 1 saturated heterocycles. The Morgan fingerprint density at radius 1 is 1.15 bits per heavy atom. The van der Waals surface area contributed by atoms with Gasteiger partial charge in [-0.3, -0.25) is 9.59 Å². The third-order valence-corrected chi connectivity index (χ3v) is 5.18. The Balaban J connectivity index is 1.64. The molecule has 0 bridgehead atoms. The molecule has 138 valence electrons. The van der Waals surface area contributed by atoms with Crippen LogP contribution in [0.4, 0.5) is 4.39 Å². The summed E-state index contributed by atoms with van der Waals surface area (Å²) < 4.78 is 13.3. The highest BCUT2D eigenvalue weighted by atomic mass is 32.1. The van der Waals surface area contributed by atoms with Crippen molar-refractivity contribution in [3.63, 3.8) is 0 Å². The van der Waals surface area contributed by atoms with Crippen LogP contribution in [0.3, 0.4) is 0 Å². The molecule has 0 atom stereocenters. The van der Waals surface area contributed by atoms with Gasteiger partial charge < -0.3 is 15.5 Å². The van der Waals surface area contributed by atoms with Gasteiger partial charge in [-0.05, 0) is 31.2 Å². The van der Waals surface area contributed by atoms with E-state index < -0.39 is 5.82 Å². The maximum absolute atomic E-state index is 13.3. The standard InChI is InChI=1S/C18H21FN4O2S/c19-14-4-1-3-13(11-14)17(24)22-7-2-8-23(10-9-22)18(25)15-12-26-16(21-15)5-6-20/h1,3-4,11-12H,2,5-10,20H2. The van der Waals surface area contributed by atoms with E-state index >= 15 is 0 Å². The van der Waals surface area contributed by atoms with E-state index in [0.29, 0.717) is 56.8 Å². The third kappa shape index (κ3) is 4.25. The fourth-order valence-electron chi connectivity index (χ4n) is 2.94. The highest BCUT2D eigenvalue weighted by Gasteiger charge is 2.24. The SMILES string of the molecule is NCCc1nc(C(=O)N2CCCN(C(=O)c3cccc(F)c3)CC2)cs1. The molecule has 8 heteroatoms. The Morgan fingerprint density at radius 2 is 1.88 bits per heavy atom. The maximum Gasteiger partial charge on any atom is 0.273 e. The lowest BCUT2D eigenvalue weighted by Crippen LogP contribution is -2.37. The van der Waals surface area contributed by atoms with Crippen LogP contribution in [0.2, 0.25) is 0 Å². The lowest BCUT2D eigenvalue weighted by Gasteiger charge is -2.21. The molecule has 3 rings (SSSR count). The molecule has 6 nitrogen and oxygen atoms in total. The molecule has 1 aliphatic heterocycles. The number of hydrogen-bond donors (Lipinski definition) is 1. The van der Waals surface area contributed by atoms with Crippen LogP contribution in [0.1, 0.15) is 32.3 Å². The van der Waals surface area contributed by atoms with Crippen molar-refractivity contribution in [2.45, 2.75) is 12.8 Å². The van der Waals surface area contributed by atoms with Gasteiger partial charge in [-0.15, -0.1) is 11.3 Å². The van der Waals surface area contributed by atoms with E-state index in [4.69, 9.17) is 5.73 Å².